The molecule has 0 bridgehead atoms. The predicted octanol–water partition coefficient (Wildman–Crippen LogP) is 5.19. The van der Waals surface area contributed by atoms with Crippen LogP contribution in [0.4, 0.5) is 11.4 Å². The second-order valence-electron chi connectivity index (χ2n) is 7.83. The lowest BCUT2D eigenvalue weighted by molar-refractivity contribution is 0.102. The summed E-state index contributed by atoms with van der Waals surface area (Å²) in [5.74, 6) is -0.610. The molecular formula is C24H24N2O3. The highest BCUT2D eigenvalue weighted by atomic mass is 16.3. The van der Waals surface area contributed by atoms with E-state index >= 15 is 0 Å². The Morgan fingerprint density at radius 3 is 2.14 bits per heavy atom. The summed E-state index contributed by atoms with van der Waals surface area (Å²) in [7, 11) is 0. The number of amides is 2. The molecule has 0 aromatic heterocycles. The van der Waals surface area contributed by atoms with E-state index in [9.17, 15) is 14.7 Å². The molecule has 0 atom stereocenters. The van der Waals surface area contributed by atoms with Crippen molar-refractivity contribution < 1.29 is 14.7 Å². The number of hydrogen-bond acceptors (Lipinski definition) is 3. The van der Waals surface area contributed by atoms with Gasteiger partial charge in [0, 0.05) is 17.3 Å². The molecule has 2 amide bonds. The zero-order chi connectivity index (χ0) is 21.0. The molecule has 0 fully saturated rings. The van der Waals surface area contributed by atoms with Gasteiger partial charge in [0.1, 0.15) is 5.75 Å². The lowest BCUT2D eigenvalue weighted by Crippen LogP contribution is -2.18. The third kappa shape index (κ3) is 5.02. The molecule has 0 radical (unpaired) electrons. The molecule has 0 unspecified atom stereocenters. The van der Waals surface area contributed by atoms with Crippen molar-refractivity contribution in [2.45, 2.75) is 26.2 Å². The Labute approximate surface area is 170 Å². The van der Waals surface area contributed by atoms with Gasteiger partial charge in [-0.25, -0.2) is 0 Å². The minimum absolute atomic E-state index is 0.00552. The number of nitrogens with one attached hydrogen (secondary N) is 2. The van der Waals surface area contributed by atoms with Crippen LogP contribution in [-0.4, -0.2) is 16.9 Å². The Balaban J connectivity index is 1.78. The Kier molecular flexibility index (Phi) is 5.69. The van der Waals surface area contributed by atoms with Gasteiger partial charge >= 0.3 is 0 Å². The molecule has 148 valence electrons. The second kappa shape index (κ2) is 8.19. The topological polar surface area (TPSA) is 78.4 Å². The van der Waals surface area contributed by atoms with Crippen molar-refractivity contribution in [1.82, 2.24) is 0 Å². The van der Waals surface area contributed by atoms with E-state index < -0.39 is 0 Å². The molecule has 0 spiro atoms. The largest absolute Gasteiger partial charge is 0.508 e. The molecule has 0 saturated carbocycles. The molecular weight excluding hydrogens is 364 g/mol. The average Bonchev–Trinajstić information content (AvgIpc) is 2.68. The van der Waals surface area contributed by atoms with Crippen molar-refractivity contribution in [2.75, 3.05) is 10.6 Å². The maximum Gasteiger partial charge on any atom is 0.257 e. The van der Waals surface area contributed by atoms with Gasteiger partial charge in [0.25, 0.3) is 11.8 Å². The molecule has 3 rings (SSSR count). The number of rotatable bonds is 4. The Morgan fingerprint density at radius 2 is 1.48 bits per heavy atom. The van der Waals surface area contributed by atoms with Gasteiger partial charge in [0.15, 0.2) is 0 Å². The normalized spacial score (nSPS) is 11.0. The van der Waals surface area contributed by atoms with Crippen LogP contribution in [0.5, 0.6) is 5.75 Å². The third-order valence-electron chi connectivity index (χ3n) is 4.54. The lowest BCUT2D eigenvalue weighted by Gasteiger charge is -2.19. The summed E-state index contributed by atoms with van der Waals surface area (Å²) in [5, 5.41) is 15.1. The summed E-state index contributed by atoms with van der Waals surface area (Å²) >= 11 is 0. The molecule has 3 N–H and O–H groups in total. The number of carbonyl (C=O) groups excluding carboxylic acids is 2. The van der Waals surface area contributed by atoms with Crippen molar-refractivity contribution in [2.24, 2.45) is 0 Å². The van der Waals surface area contributed by atoms with Crippen LogP contribution in [0.1, 0.15) is 47.1 Å². The molecule has 29 heavy (non-hydrogen) atoms. The predicted molar refractivity (Wildman–Crippen MR) is 116 cm³/mol. The van der Waals surface area contributed by atoms with E-state index in [0.717, 1.165) is 5.56 Å². The Hall–Kier alpha value is -3.60. The number of para-hydroxylation sites is 1. The molecule has 0 aliphatic heterocycles. The van der Waals surface area contributed by atoms with E-state index in [2.05, 4.69) is 31.4 Å². The summed E-state index contributed by atoms with van der Waals surface area (Å²) in [6.45, 7) is 6.34. The first-order valence-corrected chi connectivity index (χ1v) is 9.35. The summed E-state index contributed by atoms with van der Waals surface area (Å²) in [6.07, 6.45) is 0. The smallest absolute Gasteiger partial charge is 0.257 e. The fourth-order valence-corrected chi connectivity index (χ4v) is 2.89. The average molecular weight is 388 g/mol. The minimum atomic E-state index is -0.380. The summed E-state index contributed by atoms with van der Waals surface area (Å²) < 4.78 is 0. The van der Waals surface area contributed by atoms with E-state index in [-0.39, 0.29) is 23.0 Å². The van der Waals surface area contributed by atoms with Crippen LogP contribution in [-0.2, 0) is 5.41 Å². The van der Waals surface area contributed by atoms with Crippen molar-refractivity contribution in [3.05, 3.63) is 89.5 Å². The molecule has 0 saturated heterocycles. The number of hydrogen-bond donors (Lipinski definition) is 3. The van der Waals surface area contributed by atoms with Gasteiger partial charge in [-0.1, -0.05) is 51.1 Å². The molecule has 0 aliphatic rings. The number of carbonyl (C=O) groups is 2. The van der Waals surface area contributed by atoms with Gasteiger partial charge in [0.05, 0.1) is 11.3 Å². The first-order valence-electron chi connectivity index (χ1n) is 9.35. The number of phenolic OH excluding ortho intramolecular Hbond substituents is 1. The molecule has 3 aromatic carbocycles. The van der Waals surface area contributed by atoms with Crippen LogP contribution in [0.15, 0.2) is 72.8 Å². The first kappa shape index (κ1) is 20.1. The van der Waals surface area contributed by atoms with Crippen LogP contribution < -0.4 is 10.6 Å². The van der Waals surface area contributed by atoms with Gasteiger partial charge in [0.2, 0.25) is 0 Å². The fraction of sp³-hybridized carbons (Fsp3) is 0.167. The standard InChI is InChI=1S/C24H24N2O3/c1-24(2,3)17-13-11-16(12-14-17)22(28)26-21-10-5-4-9-20(21)23(29)25-18-7-6-8-19(27)15-18/h4-15,27H,1-3H3,(H,25,29)(H,26,28). The van der Waals surface area contributed by atoms with Crippen molar-refractivity contribution in [3.63, 3.8) is 0 Å². The number of benzene rings is 3. The van der Waals surface area contributed by atoms with Crippen LogP contribution in [0.3, 0.4) is 0 Å². The quantitative estimate of drug-likeness (QED) is 0.575. The highest BCUT2D eigenvalue weighted by Gasteiger charge is 2.16. The van der Waals surface area contributed by atoms with Crippen LogP contribution in [0.2, 0.25) is 0 Å². The minimum Gasteiger partial charge on any atom is -0.508 e. The molecule has 0 heterocycles. The van der Waals surface area contributed by atoms with Crippen molar-refractivity contribution in [1.29, 1.82) is 0 Å². The van der Waals surface area contributed by atoms with Crippen molar-refractivity contribution >= 4 is 23.2 Å². The monoisotopic (exact) mass is 388 g/mol. The zero-order valence-electron chi connectivity index (χ0n) is 16.7. The van der Waals surface area contributed by atoms with Gasteiger partial charge in [-0.3, -0.25) is 9.59 Å². The van der Waals surface area contributed by atoms with Crippen molar-refractivity contribution in [3.8, 4) is 5.75 Å². The maximum atomic E-state index is 12.7. The fourth-order valence-electron chi connectivity index (χ4n) is 2.89. The number of aromatic hydroxyl groups is 1. The zero-order valence-corrected chi connectivity index (χ0v) is 16.7. The Bertz CT molecular complexity index is 1030. The molecule has 3 aromatic rings. The first-order chi connectivity index (χ1) is 13.7. The SMILES string of the molecule is CC(C)(C)c1ccc(C(=O)Nc2ccccc2C(=O)Nc2cccc(O)c2)cc1. The van der Waals surface area contributed by atoms with Crippen LogP contribution >= 0.6 is 0 Å². The van der Waals surface area contributed by atoms with Gasteiger partial charge in [-0.15, -0.1) is 0 Å². The summed E-state index contributed by atoms with van der Waals surface area (Å²) in [6, 6.07) is 20.5. The summed E-state index contributed by atoms with van der Waals surface area (Å²) in [4.78, 5) is 25.4. The van der Waals surface area contributed by atoms with Crippen LogP contribution in [0.25, 0.3) is 0 Å². The van der Waals surface area contributed by atoms with E-state index in [1.165, 1.54) is 12.1 Å². The number of anilines is 2. The van der Waals surface area contributed by atoms with E-state index in [1.54, 1.807) is 48.5 Å². The molecule has 5 nitrogen and oxygen atoms in total. The van der Waals surface area contributed by atoms with E-state index in [1.807, 2.05) is 12.1 Å². The van der Waals surface area contributed by atoms with Gasteiger partial charge < -0.3 is 15.7 Å². The Morgan fingerprint density at radius 1 is 0.793 bits per heavy atom. The maximum absolute atomic E-state index is 12.7. The molecule has 0 aliphatic carbocycles. The summed E-state index contributed by atoms with van der Waals surface area (Å²) in [5.41, 5.74) is 2.87. The van der Waals surface area contributed by atoms with E-state index in [4.69, 9.17) is 0 Å². The van der Waals surface area contributed by atoms with Crippen LogP contribution in [0, 0.1) is 0 Å². The van der Waals surface area contributed by atoms with Gasteiger partial charge in [-0.05, 0) is 47.4 Å². The highest BCUT2D eigenvalue weighted by molar-refractivity contribution is 6.12. The second-order valence-corrected chi connectivity index (χ2v) is 7.83. The number of phenols is 1. The van der Waals surface area contributed by atoms with E-state index in [0.29, 0.717) is 22.5 Å². The van der Waals surface area contributed by atoms with Gasteiger partial charge in [-0.2, -0.15) is 0 Å². The lowest BCUT2D eigenvalue weighted by atomic mass is 9.86. The highest BCUT2D eigenvalue weighted by Crippen LogP contribution is 2.23. The molecule has 5 heteroatoms. The third-order valence-corrected chi connectivity index (χ3v) is 4.54.